The fourth-order valence-corrected chi connectivity index (χ4v) is 12.1. The minimum atomic E-state index is -0.622. The van der Waals surface area contributed by atoms with Crippen LogP contribution in [0.5, 0.6) is 0 Å². The summed E-state index contributed by atoms with van der Waals surface area (Å²) in [4.78, 5) is 98.8. The molecular weight excluding hydrogens is 1130 g/mol. The van der Waals surface area contributed by atoms with Crippen LogP contribution < -0.4 is 10.6 Å². The predicted octanol–water partition coefficient (Wildman–Crippen LogP) is 11.8. The smallest absolute Gasteiger partial charge is 0.272 e. The number of nitrogens with one attached hydrogen (secondary N) is 2. The Kier molecular flexibility index (Phi) is 24.4. The van der Waals surface area contributed by atoms with Gasteiger partial charge in [-0.2, -0.15) is 0 Å². The van der Waals surface area contributed by atoms with Crippen molar-refractivity contribution in [1.82, 2.24) is 44.8 Å². The number of imidazole rings is 1. The van der Waals surface area contributed by atoms with Gasteiger partial charge in [0.2, 0.25) is 23.6 Å². The number of aryl methyl sites for hydroxylation is 2. The molecule has 2 aromatic heterocycles. The Hall–Kier alpha value is -9.24. The first-order valence-corrected chi connectivity index (χ1v) is 32.8. The van der Waals surface area contributed by atoms with Crippen LogP contribution in [0.1, 0.15) is 122 Å². The van der Waals surface area contributed by atoms with E-state index in [1.807, 2.05) is 198 Å². The van der Waals surface area contributed by atoms with Gasteiger partial charge < -0.3 is 34.8 Å². The van der Waals surface area contributed by atoms with Crippen LogP contribution in [0.15, 0.2) is 201 Å². The van der Waals surface area contributed by atoms with Gasteiger partial charge in [0.05, 0.1) is 11.8 Å². The lowest BCUT2D eigenvalue weighted by Crippen LogP contribution is -2.53. The maximum absolute atomic E-state index is 14.2. The number of para-hydroxylation sites is 1. The molecule has 6 atom stereocenters. The summed E-state index contributed by atoms with van der Waals surface area (Å²) in [6, 6.07) is 58.0. The van der Waals surface area contributed by atoms with Crippen LogP contribution in [0.4, 0.5) is 0 Å². The van der Waals surface area contributed by atoms with Gasteiger partial charge >= 0.3 is 0 Å². The monoisotopic (exact) mass is 1220 g/mol. The Morgan fingerprint density at radius 2 is 0.956 bits per heavy atom. The number of likely N-dealkylation sites (tertiary alicyclic amines) is 2. The number of carbonyl (C=O) groups is 6. The van der Waals surface area contributed by atoms with Gasteiger partial charge in [-0.25, -0.2) is 9.97 Å². The first-order valence-electron chi connectivity index (χ1n) is 32.8. The summed E-state index contributed by atoms with van der Waals surface area (Å²) in [6.07, 6.45) is 13.9. The van der Waals surface area contributed by atoms with Crippen LogP contribution >= 0.6 is 0 Å². The summed E-state index contributed by atoms with van der Waals surface area (Å²) >= 11 is 0. The molecule has 6 amide bonds. The van der Waals surface area contributed by atoms with Gasteiger partial charge in [0, 0.05) is 92.2 Å². The first-order chi connectivity index (χ1) is 44.3. The van der Waals surface area contributed by atoms with Gasteiger partial charge in [0.1, 0.15) is 17.8 Å². The van der Waals surface area contributed by atoms with Gasteiger partial charge in [-0.15, -0.1) is 0 Å². The topological polar surface area (TPSA) is 170 Å². The number of pyridine rings is 1. The van der Waals surface area contributed by atoms with Crippen molar-refractivity contribution in [2.45, 2.75) is 129 Å². The maximum Gasteiger partial charge on any atom is 0.272 e. The normalized spacial score (nSPS) is 15.8. The fourth-order valence-electron chi connectivity index (χ4n) is 12.1. The molecule has 91 heavy (non-hydrogen) atoms. The Balaban J connectivity index is 0.000000215. The number of hydrogen-bond acceptors (Lipinski definition) is 8. The number of benzene rings is 6. The molecule has 2 N–H and O–H groups in total. The molecule has 474 valence electrons. The lowest BCUT2D eigenvalue weighted by Gasteiger charge is -2.33. The number of nitrogens with zero attached hydrogens (tertiary/aromatic N) is 7. The maximum atomic E-state index is 14.2. The number of rotatable bonds is 27. The molecule has 2 fully saturated rings. The molecule has 15 heteroatoms. The van der Waals surface area contributed by atoms with Crippen molar-refractivity contribution in [2.75, 3.05) is 39.3 Å². The van der Waals surface area contributed by atoms with Crippen molar-refractivity contribution >= 4 is 46.3 Å². The molecule has 0 saturated carbocycles. The summed E-state index contributed by atoms with van der Waals surface area (Å²) in [6.45, 7) is 10.9. The predicted molar refractivity (Wildman–Crippen MR) is 359 cm³/mol. The van der Waals surface area contributed by atoms with Gasteiger partial charge in [-0.05, 0) is 136 Å². The molecule has 0 aliphatic carbocycles. The second-order valence-corrected chi connectivity index (χ2v) is 24.3. The Morgan fingerprint density at radius 1 is 0.516 bits per heavy atom. The zero-order valence-corrected chi connectivity index (χ0v) is 53.3. The Morgan fingerprint density at radius 3 is 1.41 bits per heavy atom. The second-order valence-electron chi connectivity index (χ2n) is 24.3. The molecule has 4 heterocycles. The van der Waals surface area contributed by atoms with E-state index in [1.165, 1.54) is 0 Å². The lowest BCUT2D eigenvalue weighted by atomic mass is 10.0. The van der Waals surface area contributed by atoms with Crippen LogP contribution in [0.3, 0.4) is 0 Å². The Bertz CT molecular complexity index is 3590. The van der Waals surface area contributed by atoms with E-state index >= 15 is 0 Å². The molecule has 15 nitrogen and oxygen atoms in total. The minimum absolute atomic E-state index is 0.0573. The number of fused-ring (bicyclic) bond motifs is 1. The van der Waals surface area contributed by atoms with Crippen LogP contribution in [-0.2, 0) is 44.9 Å². The fraction of sp³-hybridized carbons (Fsp3) is 0.368. The SMILES string of the molecule is CC[C@@H](C)C(=O)N[C@@H](CCc1ccccc1)C(=O)N1CCC[C@H]1CN(CCc1ccccc1)C(=O)c1ccc(-n2ccnc2)cc1.CC[C@@H](C)C(=O)N[C@@H](CCc1ccccc1)C(=O)N1CCC[C@H]1CN(CCc1ccccc1)C(=O)c1ccc2ccccc2n1. The number of hydrogen-bond donors (Lipinski definition) is 2. The van der Waals surface area contributed by atoms with Crippen LogP contribution in [0.25, 0.3) is 16.6 Å². The number of aromatic nitrogens is 3. The molecule has 2 aliphatic heterocycles. The largest absolute Gasteiger partial charge is 0.344 e. The van der Waals surface area contributed by atoms with Gasteiger partial charge in [-0.1, -0.05) is 173 Å². The van der Waals surface area contributed by atoms with Crippen molar-refractivity contribution in [3.05, 3.63) is 234 Å². The summed E-state index contributed by atoms with van der Waals surface area (Å²) < 4.78 is 1.90. The lowest BCUT2D eigenvalue weighted by molar-refractivity contribution is -0.138. The molecule has 0 unspecified atom stereocenters. The van der Waals surface area contributed by atoms with Crippen molar-refractivity contribution in [3.8, 4) is 5.69 Å². The van der Waals surface area contributed by atoms with E-state index in [0.29, 0.717) is 102 Å². The van der Waals surface area contributed by atoms with Crippen molar-refractivity contribution in [3.63, 3.8) is 0 Å². The quantitative estimate of drug-likeness (QED) is 0.0512. The highest BCUT2D eigenvalue weighted by atomic mass is 16.2. The summed E-state index contributed by atoms with van der Waals surface area (Å²) in [5.74, 6) is -0.857. The number of carbonyl (C=O) groups excluding carboxylic acids is 6. The molecule has 2 saturated heterocycles. The van der Waals surface area contributed by atoms with E-state index in [4.69, 9.17) is 4.98 Å². The third-order valence-corrected chi connectivity index (χ3v) is 18.0. The van der Waals surface area contributed by atoms with Crippen molar-refractivity contribution < 1.29 is 28.8 Å². The molecule has 6 aromatic carbocycles. The highest BCUT2D eigenvalue weighted by molar-refractivity contribution is 5.96. The third kappa shape index (κ3) is 18.7. The average molecular weight is 1220 g/mol. The molecule has 0 bridgehead atoms. The van der Waals surface area contributed by atoms with E-state index in [1.54, 1.807) is 18.6 Å². The summed E-state index contributed by atoms with van der Waals surface area (Å²) in [5.41, 5.74) is 7.28. The zero-order chi connectivity index (χ0) is 63.9. The third-order valence-electron chi connectivity index (χ3n) is 18.0. The van der Waals surface area contributed by atoms with Gasteiger partial charge in [0.25, 0.3) is 11.8 Å². The van der Waals surface area contributed by atoms with Gasteiger partial charge in [-0.3, -0.25) is 28.8 Å². The highest BCUT2D eigenvalue weighted by Crippen LogP contribution is 2.26. The van der Waals surface area contributed by atoms with E-state index in [0.717, 1.165) is 64.5 Å². The second kappa shape index (κ2) is 33.5. The van der Waals surface area contributed by atoms with Crippen molar-refractivity contribution in [1.29, 1.82) is 0 Å². The molecule has 0 radical (unpaired) electrons. The van der Waals surface area contributed by atoms with E-state index in [9.17, 15) is 28.8 Å². The molecular formula is C76H89N9O6. The van der Waals surface area contributed by atoms with E-state index < -0.39 is 12.1 Å². The minimum Gasteiger partial charge on any atom is -0.344 e. The molecule has 2 aliphatic rings. The molecule has 8 aromatic rings. The van der Waals surface area contributed by atoms with Gasteiger partial charge in [0.15, 0.2) is 0 Å². The number of amides is 6. The molecule has 0 spiro atoms. The average Bonchev–Trinajstić information content (AvgIpc) is 3.18. The summed E-state index contributed by atoms with van der Waals surface area (Å²) in [7, 11) is 0. The summed E-state index contributed by atoms with van der Waals surface area (Å²) in [5, 5.41) is 7.15. The Labute approximate surface area is 537 Å². The van der Waals surface area contributed by atoms with Crippen LogP contribution in [0.2, 0.25) is 0 Å². The highest BCUT2D eigenvalue weighted by Gasteiger charge is 2.38. The van der Waals surface area contributed by atoms with E-state index in [-0.39, 0.29) is 59.4 Å². The first kappa shape index (κ1) is 66.2. The van der Waals surface area contributed by atoms with Crippen LogP contribution in [0, 0.1) is 11.8 Å². The standard InChI is InChI=1S/C38H45N5O3.C38H44N4O3/c1-3-29(2)36(44)40-35(21-16-30-11-6-4-7-12-30)38(46)43-24-10-15-34(43)27-41(25-22-31-13-8-5-9-14-31)37(45)32-17-19-33(20-18-32)42-26-23-39-28-42;1-3-28(2)36(43)40-35(22-20-29-13-6-4-7-14-29)38(45)42-25-12-18-32(42)27-41(26-24-30-15-8-5-9-16-30)37(44)34-23-21-31-17-10-11-19-33(31)39-34/h4-9,11-14,17-20,23,26,28-29,34-35H,3,10,15-16,21-22,24-25,27H2,1-2H3,(H,40,44);4-11,13-17,19,21,23,28,32,35H,3,12,18,20,22,24-27H2,1-2H3,(H,40,43)/t29-,34+,35+;28-,32+,35+/m11/s1. The van der Waals surface area contributed by atoms with E-state index in [2.05, 4.69) is 52.0 Å². The van der Waals surface area contributed by atoms with Crippen LogP contribution in [-0.4, -0.2) is 133 Å². The zero-order valence-electron chi connectivity index (χ0n) is 53.3. The molecule has 10 rings (SSSR count). The van der Waals surface area contributed by atoms with Crippen molar-refractivity contribution in [2.24, 2.45) is 11.8 Å².